The summed E-state index contributed by atoms with van der Waals surface area (Å²) >= 11 is 0. The van der Waals surface area contributed by atoms with Gasteiger partial charge in [0.1, 0.15) is 12.4 Å². The third-order valence-electron chi connectivity index (χ3n) is 6.07. The first-order valence-corrected chi connectivity index (χ1v) is 11.9. The molecule has 0 spiro atoms. The quantitative estimate of drug-likeness (QED) is 0.248. The Balaban J connectivity index is 1.43. The summed E-state index contributed by atoms with van der Waals surface area (Å²) in [5.41, 5.74) is 6.31. The molecule has 2 heterocycles. The second-order valence-corrected chi connectivity index (χ2v) is 8.56. The number of benzene rings is 3. The van der Waals surface area contributed by atoms with E-state index in [1.807, 2.05) is 79.0 Å². The van der Waals surface area contributed by atoms with E-state index in [1.54, 1.807) is 6.08 Å². The van der Waals surface area contributed by atoms with Crippen molar-refractivity contribution in [3.8, 4) is 11.4 Å². The second kappa shape index (κ2) is 10.7. The standard InChI is InChI=1S/C31H26N2O3/c34-31(35)18-10-23-9-17-30-29(20-23)25(11-12-26-8-4-5-19-32-26)21-33(30)27-13-15-28(16-14-27)36-22-24-6-2-1-3-7-24/h1-10,13-21H,11-12,22H2,(H,34,35). The topological polar surface area (TPSA) is 64.3 Å². The van der Waals surface area contributed by atoms with Crippen LogP contribution >= 0.6 is 0 Å². The lowest BCUT2D eigenvalue weighted by atomic mass is 10.0. The zero-order valence-electron chi connectivity index (χ0n) is 19.7. The molecule has 5 aromatic rings. The zero-order valence-corrected chi connectivity index (χ0v) is 19.7. The van der Waals surface area contributed by atoms with Crippen LogP contribution in [0.15, 0.2) is 109 Å². The molecule has 5 nitrogen and oxygen atoms in total. The summed E-state index contributed by atoms with van der Waals surface area (Å²) in [5, 5.41) is 10.1. The molecule has 5 rings (SSSR count). The lowest BCUT2D eigenvalue weighted by Crippen LogP contribution is -1.96. The summed E-state index contributed by atoms with van der Waals surface area (Å²) in [6.07, 6.45) is 8.42. The predicted molar refractivity (Wildman–Crippen MR) is 142 cm³/mol. The van der Waals surface area contributed by atoms with E-state index in [2.05, 4.69) is 33.9 Å². The maximum Gasteiger partial charge on any atom is 0.328 e. The highest BCUT2D eigenvalue weighted by molar-refractivity contribution is 5.90. The van der Waals surface area contributed by atoms with Crippen molar-refractivity contribution in [2.45, 2.75) is 19.4 Å². The Morgan fingerprint density at radius 3 is 2.47 bits per heavy atom. The van der Waals surface area contributed by atoms with Gasteiger partial charge in [-0.3, -0.25) is 4.98 Å². The monoisotopic (exact) mass is 474 g/mol. The average molecular weight is 475 g/mol. The van der Waals surface area contributed by atoms with Crippen molar-refractivity contribution in [2.24, 2.45) is 0 Å². The highest BCUT2D eigenvalue weighted by atomic mass is 16.5. The lowest BCUT2D eigenvalue weighted by Gasteiger charge is -2.09. The molecular formula is C31H26N2O3. The zero-order chi connectivity index (χ0) is 24.7. The van der Waals surface area contributed by atoms with E-state index < -0.39 is 5.97 Å². The number of hydrogen-bond acceptors (Lipinski definition) is 3. The molecule has 36 heavy (non-hydrogen) atoms. The molecule has 0 aliphatic carbocycles. The van der Waals surface area contributed by atoms with Gasteiger partial charge < -0.3 is 14.4 Å². The summed E-state index contributed by atoms with van der Waals surface area (Å²) in [7, 11) is 0. The molecule has 0 atom stereocenters. The highest BCUT2D eigenvalue weighted by Gasteiger charge is 2.11. The van der Waals surface area contributed by atoms with E-state index in [0.29, 0.717) is 6.61 Å². The molecular weight excluding hydrogens is 448 g/mol. The number of carboxylic acid groups (broad SMARTS) is 1. The van der Waals surface area contributed by atoms with Crippen molar-refractivity contribution in [3.63, 3.8) is 0 Å². The maximum atomic E-state index is 11.0. The van der Waals surface area contributed by atoms with Crippen LogP contribution in [-0.2, 0) is 24.2 Å². The average Bonchev–Trinajstić information content (AvgIpc) is 3.29. The number of pyridine rings is 1. The molecule has 0 aliphatic heterocycles. The first kappa shape index (κ1) is 23.1. The third-order valence-corrected chi connectivity index (χ3v) is 6.07. The molecule has 1 N–H and O–H groups in total. The largest absolute Gasteiger partial charge is 0.489 e. The van der Waals surface area contributed by atoms with Crippen molar-refractivity contribution in [3.05, 3.63) is 132 Å². The number of rotatable bonds is 9. The van der Waals surface area contributed by atoms with Crippen LogP contribution in [0.25, 0.3) is 22.7 Å². The molecule has 0 amide bonds. The number of ether oxygens (including phenoxy) is 1. The molecule has 0 radical (unpaired) electrons. The minimum absolute atomic E-state index is 0.525. The van der Waals surface area contributed by atoms with Gasteiger partial charge in [0.15, 0.2) is 0 Å². The van der Waals surface area contributed by atoms with Crippen LogP contribution in [0.1, 0.15) is 22.4 Å². The Hall–Kier alpha value is -4.64. The lowest BCUT2D eigenvalue weighted by molar-refractivity contribution is -0.131. The van der Waals surface area contributed by atoms with Gasteiger partial charge in [0, 0.05) is 35.2 Å². The highest BCUT2D eigenvalue weighted by Crippen LogP contribution is 2.28. The van der Waals surface area contributed by atoms with Gasteiger partial charge in [0.2, 0.25) is 0 Å². The summed E-state index contributed by atoms with van der Waals surface area (Å²) in [5.74, 6) is -0.145. The molecule has 5 heteroatoms. The van der Waals surface area contributed by atoms with E-state index >= 15 is 0 Å². The van der Waals surface area contributed by atoms with Crippen molar-refractivity contribution < 1.29 is 14.6 Å². The van der Waals surface area contributed by atoms with E-state index in [1.165, 1.54) is 11.6 Å². The van der Waals surface area contributed by atoms with Crippen molar-refractivity contribution in [1.29, 1.82) is 0 Å². The fourth-order valence-electron chi connectivity index (χ4n) is 4.25. The second-order valence-electron chi connectivity index (χ2n) is 8.56. The fourth-order valence-corrected chi connectivity index (χ4v) is 4.25. The molecule has 178 valence electrons. The SMILES string of the molecule is O=C(O)C=Cc1ccc2c(c1)c(CCc1ccccn1)cn2-c1ccc(OCc2ccccc2)cc1. The summed E-state index contributed by atoms with van der Waals surface area (Å²) in [6.45, 7) is 0.525. The number of aliphatic carboxylic acids is 1. The molecule has 0 aliphatic rings. The van der Waals surface area contributed by atoms with Gasteiger partial charge in [-0.1, -0.05) is 42.5 Å². The first-order valence-electron chi connectivity index (χ1n) is 11.9. The van der Waals surface area contributed by atoms with Gasteiger partial charge in [-0.25, -0.2) is 4.79 Å². The van der Waals surface area contributed by atoms with E-state index in [0.717, 1.165) is 52.0 Å². The van der Waals surface area contributed by atoms with Gasteiger partial charge in [-0.05, 0) is 84.1 Å². The number of carboxylic acids is 1. The Morgan fingerprint density at radius 2 is 1.72 bits per heavy atom. The van der Waals surface area contributed by atoms with Crippen LogP contribution in [-0.4, -0.2) is 20.6 Å². The van der Waals surface area contributed by atoms with E-state index in [4.69, 9.17) is 9.84 Å². The smallest absolute Gasteiger partial charge is 0.328 e. The molecule has 0 bridgehead atoms. The van der Waals surface area contributed by atoms with Gasteiger partial charge >= 0.3 is 5.97 Å². The van der Waals surface area contributed by atoms with Crippen LogP contribution in [0, 0.1) is 0 Å². The fraction of sp³-hybridized carbons (Fsp3) is 0.0968. The number of aryl methyl sites for hydroxylation is 2. The van der Waals surface area contributed by atoms with Crippen LogP contribution in [0.2, 0.25) is 0 Å². The number of aromatic nitrogens is 2. The van der Waals surface area contributed by atoms with E-state index in [-0.39, 0.29) is 0 Å². The van der Waals surface area contributed by atoms with Crippen molar-refractivity contribution in [1.82, 2.24) is 9.55 Å². The number of nitrogens with zero attached hydrogens (tertiary/aromatic N) is 2. The summed E-state index contributed by atoms with van der Waals surface area (Å²) in [4.78, 5) is 15.5. The number of carbonyl (C=O) groups is 1. The van der Waals surface area contributed by atoms with Crippen LogP contribution in [0.4, 0.5) is 0 Å². The molecule has 2 aromatic heterocycles. The maximum absolute atomic E-state index is 11.0. The van der Waals surface area contributed by atoms with Crippen molar-refractivity contribution >= 4 is 22.9 Å². The predicted octanol–water partition coefficient (Wildman–Crippen LogP) is 6.49. The van der Waals surface area contributed by atoms with Gasteiger partial charge in [0.25, 0.3) is 0 Å². The number of hydrogen-bond donors (Lipinski definition) is 1. The third kappa shape index (κ3) is 5.53. The minimum atomic E-state index is -0.961. The molecule has 0 fully saturated rings. The van der Waals surface area contributed by atoms with Crippen LogP contribution in [0.5, 0.6) is 5.75 Å². The minimum Gasteiger partial charge on any atom is -0.489 e. The van der Waals surface area contributed by atoms with Gasteiger partial charge in [-0.15, -0.1) is 0 Å². The molecule has 0 unspecified atom stereocenters. The number of fused-ring (bicyclic) bond motifs is 1. The van der Waals surface area contributed by atoms with Gasteiger partial charge in [-0.2, -0.15) is 0 Å². The van der Waals surface area contributed by atoms with Gasteiger partial charge in [0.05, 0.1) is 5.52 Å². The Kier molecular flexibility index (Phi) is 6.90. The molecule has 0 saturated carbocycles. The van der Waals surface area contributed by atoms with Crippen LogP contribution < -0.4 is 4.74 Å². The summed E-state index contributed by atoms with van der Waals surface area (Å²) in [6, 6.07) is 30.2. The molecule has 0 saturated heterocycles. The van der Waals surface area contributed by atoms with Crippen LogP contribution in [0.3, 0.4) is 0 Å². The first-order chi connectivity index (χ1) is 17.7. The Bertz CT molecular complexity index is 1490. The normalized spacial score (nSPS) is 11.2. The van der Waals surface area contributed by atoms with E-state index in [9.17, 15) is 4.79 Å². The molecule has 3 aromatic carbocycles. The Labute approximate surface area is 209 Å². The summed E-state index contributed by atoms with van der Waals surface area (Å²) < 4.78 is 8.13. The Morgan fingerprint density at radius 1 is 0.917 bits per heavy atom. The van der Waals surface area contributed by atoms with Crippen molar-refractivity contribution in [2.75, 3.05) is 0 Å².